The zero-order valence-electron chi connectivity index (χ0n) is 18.2. The number of fused-ring (bicyclic) bond motifs is 3. The number of anilines is 1. The molecule has 4 heterocycles. The number of aromatic amines is 1. The third-order valence-electron chi connectivity index (χ3n) is 6.51. The van der Waals surface area contributed by atoms with Gasteiger partial charge in [0.2, 0.25) is 0 Å². The molecule has 5 rings (SSSR count). The van der Waals surface area contributed by atoms with E-state index < -0.39 is 16.9 Å². The van der Waals surface area contributed by atoms with Crippen LogP contribution in [-0.2, 0) is 12.6 Å². The molecule has 3 aromatic rings. The lowest BCUT2D eigenvalue weighted by atomic mass is 9.96. The van der Waals surface area contributed by atoms with Crippen LogP contribution in [0, 0.1) is 0 Å². The van der Waals surface area contributed by atoms with E-state index in [2.05, 4.69) is 25.1 Å². The molecule has 0 amide bonds. The molecule has 0 saturated carbocycles. The zero-order valence-corrected chi connectivity index (χ0v) is 19.7. The lowest BCUT2D eigenvalue weighted by molar-refractivity contribution is -0.141. The van der Waals surface area contributed by atoms with Crippen LogP contribution in [0.2, 0.25) is 10.0 Å². The SMILES string of the molecule is OC1CN(CC2c3[nH]c4ccc(Cl)cc4c3CCN2CCNc2ccc(Cl)c(C(F)(F)F)n2)C1. The normalized spacial score (nSPS) is 19.9. The number of halogens is 5. The number of aliphatic hydroxyl groups excluding tert-OH is 1. The van der Waals surface area contributed by atoms with Gasteiger partial charge in [-0.25, -0.2) is 4.98 Å². The fourth-order valence-corrected chi connectivity index (χ4v) is 5.25. The maximum atomic E-state index is 13.1. The van der Waals surface area contributed by atoms with Crippen molar-refractivity contribution in [2.45, 2.75) is 24.7 Å². The number of nitrogens with one attached hydrogen (secondary N) is 2. The van der Waals surface area contributed by atoms with Crippen LogP contribution in [0.4, 0.5) is 19.0 Å². The summed E-state index contributed by atoms with van der Waals surface area (Å²) in [7, 11) is 0. The summed E-state index contributed by atoms with van der Waals surface area (Å²) >= 11 is 11.9. The van der Waals surface area contributed by atoms with Crippen LogP contribution in [0.25, 0.3) is 10.9 Å². The highest BCUT2D eigenvalue weighted by molar-refractivity contribution is 6.31. The fourth-order valence-electron chi connectivity index (χ4n) is 4.87. The Morgan fingerprint density at radius 3 is 2.71 bits per heavy atom. The first kappa shape index (κ1) is 23.7. The van der Waals surface area contributed by atoms with E-state index in [9.17, 15) is 18.3 Å². The molecule has 0 spiro atoms. The number of H-pyrrole nitrogens is 1. The minimum Gasteiger partial charge on any atom is -0.390 e. The molecular formula is C23H24Cl2F3N5O. The van der Waals surface area contributed by atoms with Gasteiger partial charge in [-0.2, -0.15) is 13.2 Å². The van der Waals surface area contributed by atoms with Gasteiger partial charge in [-0.05, 0) is 42.3 Å². The average Bonchev–Trinajstić information content (AvgIpc) is 3.12. The number of aliphatic hydroxyl groups is 1. The first-order chi connectivity index (χ1) is 16.2. The van der Waals surface area contributed by atoms with Crippen molar-refractivity contribution in [2.24, 2.45) is 0 Å². The lowest BCUT2D eigenvalue weighted by Gasteiger charge is -2.43. The van der Waals surface area contributed by atoms with Crippen LogP contribution < -0.4 is 5.32 Å². The van der Waals surface area contributed by atoms with E-state index >= 15 is 0 Å². The summed E-state index contributed by atoms with van der Waals surface area (Å²) in [6.45, 7) is 3.87. The summed E-state index contributed by atoms with van der Waals surface area (Å²) in [6, 6.07) is 8.55. The molecule has 1 unspecified atom stereocenters. The second kappa shape index (κ2) is 9.20. The van der Waals surface area contributed by atoms with E-state index in [-0.39, 0.29) is 18.0 Å². The first-order valence-corrected chi connectivity index (χ1v) is 11.9. The van der Waals surface area contributed by atoms with Crippen LogP contribution in [0.15, 0.2) is 30.3 Å². The molecule has 2 aromatic heterocycles. The van der Waals surface area contributed by atoms with E-state index in [4.69, 9.17) is 23.2 Å². The third kappa shape index (κ3) is 4.72. The number of benzene rings is 1. The van der Waals surface area contributed by atoms with Crippen molar-refractivity contribution in [3.63, 3.8) is 0 Å². The van der Waals surface area contributed by atoms with E-state index in [0.717, 1.165) is 36.1 Å². The Labute approximate surface area is 204 Å². The highest BCUT2D eigenvalue weighted by Gasteiger charge is 2.36. The molecule has 2 aliphatic heterocycles. The Bertz CT molecular complexity index is 1200. The van der Waals surface area contributed by atoms with Crippen LogP contribution in [0.3, 0.4) is 0 Å². The minimum absolute atomic E-state index is 0.0631. The Hall–Kier alpha value is -2.04. The van der Waals surface area contributed by atoms with Gasteiger partial charge >= 0.3 is 6.18 Å². The Morgan fingerprint density at radius 2 is 1.97 bits per heavy atom. The van der Waals surface area contributed by atoms with Crippen molar-refractivity contribution in [1.82, 2.24) is 19.8 Å². The molecule has 11 heteroatoms. The molecule has 0 bridgehead atoms. The van der Waals surface area contributed by atoms with Crippen LogP contribution in [-0.4, -0.2) is 70.2 Å². The standard InChI is InChI=1S/C23H24Cl2F3N5O/c24-13-1-3-18-16(9-13)15-5-7-33(19(21(15)30-18)12-32-10-14(34)11-32)8-6-29-20-4-2-17(25)22(31-20)23(26,27)28/h1-4,9,14,19,30,34H,5-8,10-12H2,(H,29,31). The third-order valence-corrected chi connectivity index (χ3v) is 7.05. The molecule has 2 aliphatic rings. The molecule has 0 aliphatic carbocycles. The number of aromatic nitrogens is 2. The molecule has 0 radical (unpaired) electrons. The number of β-amino-alcohol motifs (C(OH)–C–C–N with tert-alkyl or cyclic N) is 1. The van der Waals surface area contributed by atoms with Gasteiger partial charge in [0.15, 0.2) is 5.69 Å². The van der Waals surface area contributed by atoms with Crippen molar-refractivity contribution < 1.29 is 18.3 Å². The van der Waals surface area contributed by atoms with Crippen LogP contribution >= 0.6 is 23.2 Å². The summed E-state index contributed by atoms with van der Waals surface area (Å²) in [5.41, 5.74) is 2.33. The number of pyridine rings is 1. The number of hydrogen-bond donors (Lipinski definition) is 3. The highest BCUT2D eigenvalue weighted by atomic mass is 35.5. The number of likely N-dealkylation sites (tertiary alicyclic amines) is 1. The number of rotatable bonds is 6. The molecule has 182 valence electrons. The highest BCUT2D eigenvalue weighted by Crippen LogP contribution is 2.37. The van der Waals surface area contributed by atoms with Crippen molar-refractivity contribution in [1.29, 1.82) is 0 Å². The number of hydrogen-bond acceptors (Lipinski definition) is 5. The maximum Gasteiger partial charge on any atom is 0.434 e. The molecule has 1 fully saturated rings. The van der Waals surface area contributed by atoms with E-state index in [1.807, 2.05) is 18.2 Å². The first-order valence-electron chi connectivity index (χ1n) is 11.1. The van der Waals surface area contributed by atoms with Crippen molar-refractivity contribution >= 4 is 39.9 Å². The van der Waals surface area contributed by atoms with E-state index in [0.29, 0.717) is 31.2 Å². The topological polar surface area (TPSA) is 67.4 Å². The summed E-state index contributed by atoms with van der Waals surface area (Å²) in [4.78, 5) is 11.7. The second-order valence-corrected chi connectivity index (χ2v) is 9.68. The molecular weight excluding hydrogens is 490 g/mol. The lowest BCUT2D eigenvalue weighted by Crippen LogP contribution is -2.54. The molecule has 1 atom stereocenters. The molecule has 3 N–H and O–H groups in total. The van der Waals surface area contributed by atoms with Crippen LogP contribution in [0.1, 0.15) is 23.0 Å². The zero-order chi connectivity index (χ0) is 24.0. The van der Waals surface area contributed by atoms with Gasteiger partial charge < -0.3 is 15.4 Å². The quantitative estimate of drug-likeness (QED) is 0.450. The summed E-state index contributed by atoms with van der Waals surface area (Å²) in [5.74, 6) is 0.136. The van der Waals surface area contributed by atoms with Crippen molar-refractivity contribution in [3.05, 3.63) is 57.3 Å². The van der Waals surface area contributed by atoms with Crippen LogP contribution in [0.5, 0.6) is 0 Å². The molecule has 34 heavy (non-hydrogen) atoms. The summed E-state index contributed by atoms with van der Waals surface area (Å²) < 4.78 is 39.4. The fraction of sp³-hybridized carbons (Fsp3) is 0.435. The van der Waals surface area contributed by atoms with Gasteiger partial charge in [0.25, 0.3) is 0 Å². The molecule has 1 saturated heterocycles. The van der Waals surface area contributed by atoms with Crippen molar-refractivity contribution in [2.75, 3.05) is 44.6 Å². The number of nitrogens with zero attached hydrogens (tertiary/aromatic N) is 3. The van der Waals surface area contributed by atoms with Gasteiger partial charge in [0, 0.05) is 60.9 Å². The predicted octanol–water partition coefficient (Wildman–Crippen LogP) is 4.58. The van der Waals surface area contributed by atoms with Gasteiger partial charge in [0.1, 0.15) is 5.82 Å². The van der Waals surface area contributed by atoms with E-state index in [1.54, 1.807) is 0 Å². The van der Waals surface area contributed by atoms with Gasteiger partial charge in [0.05, 0.1) is 17.2 Å². The Morgan fingerprint density at radius 1 is 1.18 bits per heavy atom. The van der Waals surface area contributed by atoms with Gasteiger partial charge in [-0.1, -0.05) is 23.2 Å². The Kier molecular flexibility index (Phi) is 6.41. The van der Waals surface area contributed by atoms with Gasteiger partial charge in [-0.3, -0.25) is 9.80 Å². The number of alkyl halides is 3. The predicted molar refractivity (Wildman–Crippen MR) is 127 cm³/mol. The summed E-state index contributed by atoms with van der Waals surface area (Å²) in [6.07, 6.45) is -4.06. The largest absolute Gasteiger partial charge is 0.434 e. The average molecular weight is 514 g/mol. The Balaban J connectivity index is 1.33. The second-order valence-electron chi connectivity index (χ2n) is 8.83. The summed E-state index contributed by atoms with van der Waals surface area (Å²) in [5, 5.41) is 14.1. The molecule has 6 nitrogen and oxygen atoms in total. The van der Waals surface area contributed by atoms with Crippen molar-refractivity contribution in [3.8, 4) is 0 Å². The molecule has 1 aromatic carbocycles. The van der Waals surface area contributed by atoms with Gasteiger partial charge in [-0.15, -0.1) is 0 Å². The monoisotopic (exact) mass is 513 g/mol. The minimum atomic E-state index is -4.61. The smallest absolute Gasteiger partial charge is 0.390 e. The van der Waals surface area contributed by atoms with E-state index in [1.165, 1.54) is 17.7 Å². The maximum absolute atomic E-state index is 13.1.